The molecule has 1 atom stereocenters. The Bertz CT molecular complexity index is 531. The van der Waals surface area contributed by atoms with Gasteiger partial charge in [-0.3, -0.25) is 4.79 Å². The normalized spacial score (nSPS) is 12.1. The lowest BCUT2D eigenvalue weighted by Crippen LogP contribution is -2.25. The topological polar surface area (TPSA) is 69.6 Å². The first-order valence-electron chi connectivity index (χ1n) is 5.43. The van der Waals surface area contributed by atoms with Gasteiger partial charge in [-0.05, 0) is 30.5 Å². The summed E-state index contributed by atoms with van der Waals surface area (Å²) in [5.74, 6) is -0.602. The molecular weight excluding hydrogens is 250 g/mol. The Hall–Kier alpha value is -2.01. The third kappa shape index (κ3) is 2.81. The Labute approximate surface area is 109 Å². The third-order valence-corrected chi connectivity index (χ3v) is 3.54. The van der Waals surface area contributed by atoms with Crippen LogP contribution in [0, 0.1) is 0 Å². The van der Waals surface area contributed by atoms with E-state index in [-0.39, 0.29) is 29.0 Å². The van der Waals surface area contributed by atoms with Crippen molar-refractivity contribution in [2.24, 2.45) is 0 Å². The van der Waals surface area contributed by atoms with Crippen LogP contribution in [0.3, 0.4) is 0 Å². The van der Waals surface area contributed by atoms with E-state index in [4.69, 9.17) is 0 Å². The number of aromatic hydroxyl groups is 2. The van der Waals surface area contributed by atoms with Gasteiger partial charge in [-0.1, -0.05) is 6.07 Å². The third-order valence-electron chi connectivity index (χ3n) is 2.48. The van der Waals surface area contributed by atoms with Crippen molar-refractivity contribution < 1.29 is 15.0 Å². The second kappa shape index (κ2) is 5.10. The Balaban J connectivity index is 2.12. The summed E-state index contributed by atoms with van der Waals surface area (Å²) in [7, 11) is 0. The van der Waals surface area contributed by atoms with Crippen molar-refractivity contribution in [1.82, 2.24) is 5.32 Å². The first kappa shape index (κ1) is 12.4. The van der Waals surface area contributed by atoms with Crippen molar-refractivity contribution in [3.8, 4) is 11.5 Å². The fourth-order valence-electron chi connectivity index (χ4n) is 1.62. The minimum Gasteiger partial charge on any atom is -0.508 e. The monoisotopic (exact) mass is 263 g/mol. The van der Waals surface area contributed by atoms with Crippen molar-refractivity contribution >= 4 is 17.2 Å². The Morgan fingerprint density at radius 3 is 2.50 bits per heavy atom. The molecule has 2 aromatic rings. The lowest BCUT2D eigenvalue weighted by Gasteiger charge is -2.12. The minimum atomic E-state index is -0.331. The lowest BCUT2D eigenvalue weighted by molar-refractivity contribution is 0.0939. The molecule has 5 heteroatoms. The summed E-state index contributed by atoms with van der Waals surface area (Å²) < 4.78 is 0. The summed E-state index contributed by atoms with van der Waals surface area (Å²) in [6, 6.07) is 7.56. The van der Waals surface area contributed by atoms with Crippen LogP contribution in [0.25, 0.3) is 0 Å². The summed E-state index contributed by atoms with van der Waals surface area (Å²) in [6.45, 7) is 1.88. The second-order valence-electron chi connectivity index (χ2n) is 3.95. The number of benzene rings is 1. The molecule has 0 spiro atoms. The van der Waals surface area contributed by atoms with E-state index in [0.717, 1.165) is 4.88 Å². The maximum atomic E-state index is 11.9. The SMILES string of the molecule is CC(NC(=O)c1cc(O)cc(O)c1)c1cccs1. The maximum Gasteiger partial charge on any atom is 0.252 e. The number of amides is 1. The molecule has 0 saturated heterocycles. The first-order chi connectivity index (χ1) is 8.56. The predicted molar refractivity (Wildman–Crippen MR) is 70.0 cm³/mol. The van der Waals surface area contributed by atoms with E-state index >= 15 is 0 Å². The molecule has 4 nitrogen and oxygen atoms in total. The van der Waals surface area contributed by atoms with Gasteiger partial charge in [0.2, 0.25) is 0 Å². The number of thiophene rings is 1. The van der Waals surface area contributed by atoms with Gasteiger partial charge in [-0.15, -0.1) is 11.3 Å². The number of hydrogen-bond donors (Lipinski definition) is 3. The Morgan fingerprint density at radius 1 is 1.28 bits per heavy atom. The molecule has 0 aliphatic carbocycles. The zero-order valence-corrected chi connectivity index (χ0v) is 10.6. The van der Waals surface area contributed by atoms with Gasteiger partial charge in [0.05, 0.1) is 6.04 Å². The summed E-state index contributed by atoms with van der Waals surface area (Å²) in [5.41, 5.74) is 0.232. The molecular formula is C13H13NO3S. The highest BCUT2D eigenvalue weighted by atomic mass is 32.1. The van der Waals surface area contributed by atoms with E-state index in [1.807, 2.05) is 24.4 Å². The zero-order valence-electron chi connectivity index (χ0n) is 9.75. The van der Waals surface area contributed by atoms with Crippen LogP contribution in [0.2, 0.25) is 0 Å². The van der Waals surface area contributed by atoms with Crippen molar-refractivity contribution in [2.75, 3.05) is 0 Å². The number of carbonyl (C=O) groups is 1. The van der Waals surface area contributed by atoms with E-state index in [9.17, 15) is 15.0 Å². The van der Waals surface area contributed by atoms with Gasteiger partial charge in [0, 0.05) is 16.5 Å². The molecule has 3 N–H and O–H groups in total. The Morgan fingerprint density at radius 2 is 1.94 bits per heavy atom. The molecule has 0 radical (unpaired) electrons. The maximum absolute atomic E-state index is 11.9. The number of phenols is 2. The summed E-state index contributed by atoms with van der Waals surface area (Å²) in [5, 5.41) is 23.4. The molecule has 0 aliphatic rings. The molecule has 2 rings (SSSR count). The van der Waals surface area contributed by atoms with E-state index < -0.39 is 0 Å². The number of phenolic OH excluding ortho intramolecular Hbond substituents is 2. The van der Waals surface area contributed by atoms with Gasteiger partial charge in [-0.25, -0.2) is 0 Å². The van der Waals surface area contributed by atoms with Crippen LogP contribution in [0.5, 0.6) is 11.5 Å². The van der Waals surface area contributed by atoms with Crippen molar-refractivity contribution in [1.29, 1.82) is 0 Å². The van der Waals surface area contributed by atoms with E-state index in [1.165, 1.54) is 18.2 Å². The predicted octanol–water partition coefficient (Wildman–Crippen LogP) is 2.65. The van der Waals surface area contributed by atoms with Crippen LogP contribution in [0.1, 0.15) is 28.2 Å². The molecule has 0 fully saturated rings. The number of nitrogens with one attached hydrogen (secondary N) is 1. The standard InChI is InChI=1S/C13H13NO3S/c1-8(12-3-2-4-18-12)14-13(17)9-5-10(15)7-11(16)6-9/h2-8,15-16H,1H3,(H,14,17). The lowest BCUT2D eigenvalue weighted by atomic mass is 10.1. The molecule has 94 valence electrons. The highest BCUT2D eigenvalue weighted by Crippen LogP contribution is 2.22. The summed E-state index contributed by atoms with van der Waals surface area (Å²) >= 11 is 1.56. The fourth-order valence-corrected chi connectivity index (χ4v) is 2.35. The average molecular weight is 263 g/mol. The molecule has 1 unspecified atom stereocenters. The Kier molecular flexibility index (Phi) is 3.53. The quantitative estimate of drug-likeness (QED) is 0.797. The molecule has 18 heavy (non-hydrogen) atoms. The second-order valence-corrected chi connectivity index (χ2v) is 4.93. The van der Waals surface area contributed by atoms with Crippen molar-refractivity contribution in [3.05, 3.63) is 46.2 Å². The van der Waals surface area contributed by atoms with Crippen molar-refractivity contribution in [3.63, 3.8) is 0 Å². The van der Waals surface area contributed by atoms with Gasteiger partial charge < -0.3 is 15.5 Å². The van der Waals surface area contributed by atoms with Gasteiger partial charge in [-0.2, -0.15) is 0 Å². The smallest absolute Gasteiger partial charge is 0.252 e. The molecule has 0 aliphatic heterocycles. The number of carbonyl (C=O) groups excluding carboxylic acids is 1. The van der Waals surface area contributed by atoms with Crippen LogP contribution >= 0.6 is 11.3 Å². The largest absolute Gasteiger partial charge is 0.508 e. The number of hydrogen-bond acceptors (Lipinski definition) is 4. The van der Waals surface area contributed by atoms with Crippen molar-refractivity contribution in [2.45, 2.75) is 13.0 Å². The fraction of sp³-hybridized carbons (Fsp3) is 0.154. The zero-order chi connectivity index (χ0) is 13.1. The minimum absolute atomic E-state index is 0.109. The number of rotatable bonds is 3. The van der Waals surface area contributed by atoms with Gasteiger partial charge in [0.15, 0.2) is 0 Å². The molecule has 1 heterocycles. The van der Waals surface area contributed by atoms with Crippen LogP contribution in [0.4, 0.5) is 0 Å². The molecule has 0 bridgehead atoms. The van der Waals surface area contributed by atoms with Crippen LogP contribution in [-0.2, 0) is 0 Å². The van der Waals surface area contributed by atoms with Crippen LogP contribution in [0.15, 0.2) is 35.7 Å². The molecule has 1 aromatic carbocycles. The summed E-state index contributed by atoms with van der Waals surface area (Å²) in [4.78, 5) is 13.0. The first-order valence-corrected chi connectivity index (χ1v) is 6.31. The van der Waals surface area contributed by atoms with E-state index in [0.29, 0.717) is 0 Å². The summed E-state index contributed by atoms with van der Waals surface area (Å²) in [6.07, 6.45) is 0. The molecule has 1 aromatic heterocycles. The van der Waals surface area contributed by atoms with Gasteiger partial charge in [0.25, 0.3) is 5.91 Å². The van der Waals surface area contributed by atoms with E-state index in [1.54, 1.807) is 11.3 Å². The average Bonchev–Trinajstić information content (AvgIpc) is 2.80. The van der Waals surface area contributed by atoms with Crippen LogP contribution in [-0.4, -0.2) is 16.1 Å². The van der Waals surface area contributed by atoms with Gasteiger partial charge in [0.1, 0.15) is 11.5 Å². The molecule has 0 saturated carbocycles. The highest BCUT2D eigenvalue weighted by molar-refractivity contribution is 7.10. The van der Waals surface area contributed by atoms with E-state index in [2.05, 4.69) is 5.32 Å². The van der Waals surface area contributed by atoms with Crippen LogP contribution < -0.4 is 5.32 Å². The highest BCUT2D eigenvalue weighted by Gasteiger charge is 2.13. The van der Waals surface area contributed by atoms with Gasteiger partial charge >= 0.3 is 0 Å². The molecule has 1 amide bonds.